The first-order chi connectivity index (χ1) is 19.7. The Kier molecular flexibility index (Phi) is 4.98. The van der Waals surface area contributed by atoms with Crippen molar-refractivity contribution in [1.82, 2.24) is 0 Å². The Morgan fingerprint density at radius 1 is 0.550 bits per heavy atom. The van der Waals surface area contributed by atoms with E-state index >= 15 is 0 Å². The van der Waals surface area contributed by atoms with Crippen LogP contribution in [0.5, 0.6) is 0 Å². The van der Waals surface area contributed by atoms with E-state index in [1.165, 1.54) is 21.9 Å². The summed E-state index contributed by atoms with van der Waals surface area (Å²) >= 11 is 0. The van der Waals surface area contributed by atoms with Gasteiger partial charge >= 0.3 is 0 Å². The molecule has 1 aromatic heterocycles. The zero-order chi connectivity index (χ0) is 26.6. The number of furan rings is 1. The van der Waals surface area contributed by atoms with Crippen LogP contribution in [0.4, 0.5) is 17.1 Å². The minimum Gasteiger partial charge on any atom is -0.456 e. The van der Waals surface area contributed by atoms with Crippen molar-refractivity contribution in [2.45, 2.75) is 0 Å². The second kappa shape index (κ2) is 8.82. The van der Waals surface area contributed by atoms with Crippen LogP contribution in [0.15, 0.2) is 149 Å². The van der Waals surface area contributed by atoms with Gasteiger partial charge in [0.25, 0.3) is 0 Å². The van der Waals surface area contributed by atoms with Gasteiger partial charge in [0, 0.05) is 33.7 Å². The first-order valence-electron chi connectivity index (χ1n) is 13.4. The molecule has 0 spiro atoms. The van der Waals surface area contributed by atoms with Crippen LogP contribution >= 0.6 is 0 Å². The molecule has 2 heterocycles. The number of nitrogens with zero attached hydrogens (tertiary/aromatic N) is 2. The first-order valence-corrected chi connectivity index (χ1v) is 13.4. The van der Waals surface area contributed by atoms with Crippen LogP contribution in [-0.2, 0) is 0 Å². The normalized spacial score (nSPS) is 12.7. The smallest absolute Gasteiger partial charge is 0.145 e. The molecule has 7 aromatic rings. The van der Waals surface area contributed by atoms with E-state index in [0.717, 1.165) is 56.0 Å². The highest BCUT2D eigenvalue weighted by molar-refractivity contribution is 6.35. The Balaban J connectivity index is 1.28. The quantitative estimate of drug-likeness (QED) is 0.236. The summed E-state index contributed by atoms with van der Waals surface area (Å²) in [5.41, 5.74) is 8.99. The fourth-order valence-electron chi connectivity index (χ4n) is 5.83. The van der Waals surface area contributed by atoms with E-state index < -0.39 is 0 Å². The molecule has 1 aliphatic rings. The summed E-state index contributed by atoms with van der Waals surface area (Å²) in [6.45, 7) is 4.45. The van der Waals surface area contributed by atoms with Crippen LogP contribution in [0.2, 0.25) is 0 Å². The monoisotopic (exact) mass is 512 g/mol. The van der Waals surface area contributed by atoms with Crippen molar-refractivity contribution < 1.29 is 4.42 Å². The summed E-state index contributed by atoms with van der Waals surface area (Å²) in [5, 5.41) is 4.69. The average molecular weight is 513 g/mol. The van der Waals surface area contributed by atoms with Crippen molar-refractivity contribution in [2.24, 2.45) is 4.99 Å². The van der Waals surface area contributed by atoms with E-state index in [9.17, 15) is 0 Å². The zero-order valence-corrected chi connectivity index (χ0v) is 21.7. The van der Waals surface area contributed by atoms with Crippen LogP contribution in [0, 0.1) is 0 Å². The fourth-order valence-corrected chi connectivity index (χ4v) is 5.83. The highest BCUT2D eigenvalue weighted by Gasteiger charge is 2.27. The van der Waals surface area contributed by atoms with Gasteiger partial charge in [-0.3, -0.25) is 4.90 Å². The summed E-state index contributed by atoms with van der Waals surface area (Å²) in [7, 11) is 0. The molecule has 0 unspecified atom stereocenters. The molecular formula is C37H24N2O. The van der Waals surface area contributed by atoms with Gasteiger partial charge < -0.3 is 4.42 Å². The van der Waals surface area contributed by atoms with Crippen LogP contribution < -0.4 is 4.90 Å². The topological polar surface area (TPSA) is 28.7 Å². The van der Waals surface area contributed by atoms with Gasteiger partial charge in [0.05, 0.1) is 11.4 Å². The molecule has 0 aliphatic carbocycles. The lowest BCUT2D eigenvalue weighted by atomic mass is 9.98. The molecule has 0 radical (unpaired) electrons. The third-order valence-corrected chi connectivity index (χ3v) is 7.78. The number of anilines is 2. The Bertz CT molecular complexity index is 2130. The number of para-hydroxylation sites is 2. The number of aliphatic imine (C=N–C) groups is 1. The minimum atomic E-state index is 0.814. The summed E-state index contributed by atoms with van der Waals surface area (Å²) in [5.74, 6) is 0.814. The molecule has 0 fully saturated rings. The molecule has 0 amide bonds. The van der Waals surface area contributed by atoms with Gasteiger partial charge in [0.2, 0.25) is 0 Å². The molecule has 3 nitrogen and oxygen atoms in total. The number of rotatable bonds is 3. The van der Waals surface area contributed by atoms with Crippen LogP contribution in [-0.4, -0.2) is 5.84 Å². The van der Waals surface area contributed by atoms with E-state index in [1.807, 2.05) is 36.4 Å². The lowest BCUT2D eigenvalue weighted by Gasteiger charge is -2.26. The molecule has 0 saturated carbocycles. The molecule has 0 N–H and O–H groups in total. The maximum absolute atomic E-state index is 6.26. The molecule has 1 aliphatic heterocycles. The average Bonchev–Trinajstić information content (AvgIpc) is 3.54. The summed E-state index contributed by atoms with van der Waals surface area (Å²) < 4.78 is 6.26. The Labute approximate surface area is 231 Å². The van der Waals surface area contributed by atoms with Crippen molar-refractivity contribution in [3.05, 3.63) is 146 Å². The molecule has 40 heavy (non-hydrogen) atoms. The zero-order valence-electron chi connectivity index (χ0n) is 21.7. The Hall–Kier alpha value is -5.41. The SMILES string of the molecule is C=C1C(N(c2ccc(-c3cccc4ccccc34)cc2)c2ccc3c(c2)oc2ccccc23)=Nc2ccccc21. The molecule has 6 aromatic carbocycles. The molecule has 188 valence electrons. The van der Waals surface area contributed by atoms with Gasteiger partial charge in [0.1, 0.15) is 17.0 Å². The van der Waals surface area contributed by atoms with E-state index in [4.69, 9.17) is 9.41 Å². The van der Waals surface area contributed by atoms with E-state index in [-0.39, 0.29) is 0 Å². The van der Waals surface area contributed by atoms with Crippen LogP contribution in [0.1, 0.15) is 5.56 Å². The van der Waals surface area contributed by atoms with E-state index in [0.29, 0.717) is 0 Å². The minimum absolute atomic E-state index is 0.814. The molecule has 8 rings (SSSR count). The van der Waals surface area contributed by atoms with Gasteiger partial charge in [-0.05, 0) is 58.3 Å². The Morgan fingerprint density at radius 2 is 1.23 bits per heavy atom. The van der Waals surface area contributed by atoms with Gasteiger partial charge in [0.15, 0.2) is 0 Å². The number of fused-ring (bicyclic) bond motifs is 5. The standard InChI is InChI=1S/C37H24N2O/c1-24-29-11-4-6-15-34(29)38-37(24)39(28-21-22-33-32-13-5-7-16-35(32)40-36(33)23-28)27-19-17-26(18-20-27)31-14-8-10-25-9-2-3-12-30(25)31/h2-23H,1H2. The van der Waals surface area contributed by atoms with Crippen molar-refractivity contribution in [2.75, 3.05) is 4.90 Å². The summed E-state index contributed by atoms with van der Waals surface area (Å²) in [6.07, 6.45) is 0. The molecule has 0 saturated heterocycles. The van der Waals surface area contributed by atoms with E-state index in [1.54, 1.807) is 0 Å². The first kappa shape index (κ1) is 22.6. The van der Waals surface area contributed by atoms with E-state index in [2.05, 4.69) is 109 Å². The molecule has 3 heteroatoms. The lowest BCUT2D eigenvalue weighted by Crippen LogP contribution is -2.25. The number of amidine groups is 1. The highest BCUT2D eigenvalue weighted by atomic mass is 16.3. The molecular weight excluding hydrogens is 488 g/mol. The third-order valence-electron chi connectivity index (χ3n) is 7.78. The summed E-state index contributed by atoms with van der Waals surface area (Å²) in [6, 6.07) is 46.4. The number of hydrogen-bond donors (Lipinski definition) is 0. The number of hydrogen-bond acceptors (Lipinski definition) is 3. The molecule has 0 atom stereocenters. The van der Waals surface area contributed by atoms with Crippen molar-refractivity contribution >= 4 is 61.2 Å². The van der Waals surface area contributed by atoms with Crippen molar-refractivity contribution in [3.8, 4) is 11.1 Å². The number of benzene rings is 6. The lowest BCUT2D eigenvalue weighted by molar-refractivity contribution is 0.669. The fraction of sp³-hybridized carbons (Fsp3) is 0. The second-order valence-electron chi connectivity index (χ2n) is 10.1. The van der Waals surface area contributed by atoms with Gasteiger partial charge in [-0.15, -0.1) is 0 Å². The van der Waals surface area contributed by atoms with Crippen molar-refractivity contribution in [3.63, 3.8) is 0 Å². The Morgan fingerprint density at radius 3 is 2.10 bits per heavy atom. The van der Waals surface area contributed by atoms with Gasteiger partial charge in [-0.1, -0.05) is 97.6 Å². The maximum atomic E-state index is 6.26. The van der Waals surface area contributed by atoms with Gasteiger partial charge in [-0.2, -0.15) is 0 Å². The van der Waals surface area contributed by atoms with Gasteiger partial charge in [-0.25, -0.2) is 4.99 Å². The summed E-state index contributed by atoms with van der Waals surface area (Å²) in [4.78, 5) is 7.22. The third kappa shape index (κ3) is 3.49. The largest absolute Gasteiger partial charge is 0.456 e. The maximum Gasteiger partial charge on any atom is 0.145 e. The highest BCUT2D eigenvalue weighted by Crippen LogP contribution is 2.41. The van der Waals surface area contributed by atoms with Crippen LogP contribution in [0.25, 0.3) is 49.4 Å². The van der Waals surface area contributed by atoms with Crippen molar-refractivity contribution in [1.29, 1.82) is 0 Å². The molecule has 0 bridgehead atoms. The predicted molar refractivity (Wildman–Crippen MR) is 168 cm³/mol. The van der Waals surface area contributed by atoms with Crippen LogP contribution in [0.3, 0.4) is 0 Å². The predicted octanol–water partition coefficient (Wildman–Crippen LogP) is 10.3. The second-order valence-corrected chi connectivity index (χ2v) is 10.1.